The van der Waals surface area contributed by atoms with Gasteiger partial charge in [-0.3, -0.25) is 4.79 Å². The fraction of sp³-hybridized carbons (Fsp3) is 0.562. The van der Waals surface area contributed by atoms with Crippen LogP contribution in [0.15, 0.2) is 12.3 Å². The number of nitrogens with one attached hydrogen (secondary N) is 1. The summed E-state index contributed by atoms with van der Waals surface area (Å²) in [5, 5.41) is 11.8. The zero-order valence-corrected chi connectivity index (χ0v) is 13.7. The molecule has 0 bridgehead atoms. The molecule has 1 aromatic rings. The second-order valence-corrected chi connectivity index (χ2v) is 6.06. The fourth-order valence-corrected chi connectivity index (χ4v) is 2.49. The third kappa shape index (κ3) is 4.58. The molecule has 23 heavy (non-hydrogen) atoms. The number of carbonyl (C=O) groups is 2. The molecule has 2 rings (SSSR count). The van der Waals surface area contributed by atoms with Gasteiger partial charge in [0, 0.05) is 19.3 Å². The van der Waals surface area contributed by atoms with Crippen molar-refractivity contribution in [3.8, 4) is 5.88 Å². The second kappa shape index (κ2) is 7.30. The van der Waals surface area contributed by atoms with Crippen LogP contribution in [-0.2, 0) is 4.79 Å². The van der Waals surface area contributed by atoms with Gasteiger partial charge in [0.25, 0.3) is 0 Å². The molecule has 2 amide bonds. The van der Waals surface area contributed by atoms with E-state index in [4.69, 9.17) is 9.84 Å². The molecule has 2 heterocycles. The van der Waals surface area contributed by atoms with Gasteiger partial charge >= 0.3 is 12.0 Å². The lowest BCUT2D eigenvalue weighted by Crippen LogP contribution is -2.42. The number of amides is 2. The summed E-state index contributed by atoms with van der Waals surface area (Å²) in [6.45, 7) is 6.54. The average molecular weight is 321 g/mol. The lowest BCUT2D eigenvalue weighted by Gasteiger charge is -2.30. The Morgan fingerprint density at radius 3 is 2.61 bits per heavy atom. The van der Waals surface area contributed by atoms with Gasteiger partial charge < -0.3 is 20.1 Å². The number of pyridine rings is 1. The Morgan fingerprint density at radius 2 is 2.04 bits per heavy atom. The number of likely N-dealkylation sites (tertiary alicyclic amines) is 1. The molecular formula is C16H23N3O4. The van der Waals surface area contributed by atoms with Gasteiger partial charge in [-0.05, 0) is 45.2 Å². The number of nitrogens with zero attached hydrogens (tertiary/aromatic N) is 2. The average Bonchev–Trinajstić information content (AvgIpc) is 2.49. The van der Waals surface area contributed by atoms with Crippen LogP contribution in [-0.4, -0.2) is 46.2 Å². The van der Waals surface area contributed by atoms with Crippen LogP contribution in [0.4, 0.5) is 10.5 Å². The van der Waals surface area contributed by atoms with Gasteiger partial charge in [0.05, 0.1) is 12.0 Å². The predicted molar refractivity (Wildman–Crippen MR) is 85.7 cm³/mol. The van der Waals surface area contributed by atoms with E-state index in [0.29, 0.717) is 37.5 Å². The molecular weight excluding hydrogens is 298 g/mol. The Labute approximate surface area is 135 Å². The smallest absolute Gasteiger partial charge is 0.321 e. The predicted octanol–water partition coefficient (Wildman–Crippen LogP) is 2.51. The SMILES string of the molecule is Cc1cnc(OC(C)C)c(NC(=O)N2CCC(C(=O)O)CC2)c1. The van der Waals surface area contributed by atoms with Crippen LogP contribution in [0, 0.1) is 12.8 Å². The summed E-state index contributed by atoms with van der Waals surface area (Å²) in [6, 6.07) is 1.56. The van der Waals surface area contributed by atoms with Gasteiger partial charge in [0.15, 0.2) is 0 Å². The Hall–Kier alpha value is -2.31. The van der Waals surface area contributed by atoms with Crippen molar-refractivity contribution in [2.24, 2.45) is 5.92 Å². The number of carbonyl (C=O) groups excluding carboxylic acids is 1. The largest absolute Gasteiger partial charge is 0.481 e. The molecule has 0 saturated carbocycles. The Kier molecular flexibility index (Phi) is 5.41. The number of hydrogen-bond donors (Lipinski definition) is 2. The summed E-state index contributed by atoms with van der Waals surface area (Å²) in [7, 11) is 0. The van der Waals surface area contributed by atoms with Crippen molar-refractivity contribution < 1.29 is 19.4 Å². The maximum Gasteiger partial charge on any atom is 0.321 e. The number of anilines is 1. The quantitative estimate of drug-likeness (QED) is 0.889. The van der Waals surface area contributed by atoms with Gasteiger partial charge in [-0.2, -0.15) is 0 Å². The molecule has 1 fully saturated rings. The molecule has 7 heteroatoms. The van der Waals surface area contributed by atoms with Crippen LogP contribution in [0.5, 0.6) is 5.88 Å². The molecule has 0 aliphatic carbocycles. The van der Waals surface area contributed by atoms with Crippen molar-refractivity contribution in [1.29, 1.82) is 0 Å². The molecule has 0 radical (unpaired) electrons. The number of ether oxygens (including phenoxy) is 1. The van der Waals surface area contributed by atoms with E-state index >= 15 is 0 Å². The van der Waals surface area contributed by atoms with E-state index in [2.05, 4.69) is 10.3 Å². The van der Waals surface area contributed by atoms with Gasteiger partial charge in [0.1, 0.15) is 5.69 Å². The number of hydrogen-bond acceptors (Lipinski definition) is 4. The maximum atomic E-state index is 12.4. The summed E-state index contributed by atoms with van der Waals surface area (Å²) in [6.07, 6.45) is 2.59. The number of aromatic nitrogens is 1. The Bertz CT molecular complexity index is 581. The number of carboxylic acid groups (broad SMARTS) is 1. The lowest BCUT2D eigenvalue weighted by molar-refractivity contribution is -0.143. The van der Waals surface area contributed by atoms with Crippen molar-refractivity contribution in [2.75, 3.05) is 18.4 Å². The van der Waals surface area contributed by atoms with E-state index in [0.717, 1.165) is 5.56 Å². The van der Waals surface area contributed by atoms with E-state index in [1.165, 1.54) is 0 Å². The van der Waals surface area contributed by atoms with Crippen molar-refractivity contribution in [2.45, 2.75) is 39.7 Å². The van der Waals surface area contributed by atoms with E-state index in [-0.39, 0.29) is 18.1 Å². The van der Waals surface area contributed by atoms with Gasteiger partial charge in [-0.15, -0.1) is 0 Å². The summed E-state index contributed by atoms with van der Waals surface area (Å²) < 4.78 is 5.61. The monoisotopic (exact) mass is 321 g/mol. The van der Waals surface area contributed by atoms with Crippen LogP contribution >= 0.6 is 0 Å². The Morgan fingerprint density at radius 1 is 1.39 bits per heavy atom. The van der Waals surface area contributed by atoms with E-state index in [1.807, 2.05) is 26.8 Å². The Balaban J connectivity index is 2.03. The van der Waals surface area contributed by atoms with E-state index in [1.54, 1.807) is 11.1 Å². The van der Waals surface area contributed by atoms with E-state index < -0.39 is 5.97 Å². The van der Waals surface area contributed by atoms with Crippen LogP contribution in [0.1, 0.15) is 32.3 Å². The topological polar surface area (TPSA) is 91.8 Å². The first-order valence-electron chi connectivity index (χ1n) is 7.79. The highest BCUT2D eigenvalue weighted by molar-refractivity contribution is 5.90. The molecule has 1 saturated heterocycles. The lowest BCUT2D eigenvalue weighted by atomic mass is 9.97. The highest BCUT2D eigenvalue weighted by Gasteiger charge is 2.27. The van der Waals surface area contributed by atoms with Crippen molar-refractivity contribution in [1.82, 2.24) is 9.88 Å². The number of aliphatic carboxylic acids is 1. The van der Waals surface area contributed by atoms with Crippen LogP contribution in [0.25, 0.3) is 0 Å². The zero-order valence-electron chi connectivity index (χ0n) is 13.7. The normalized spacial score (nSPS) is 15.6. The van der Waals surface area contributed by atoms with Crippen molar-refractivity contribution in [3.63, 3.8) is 0 Å². The number of carboxylic acids is 1. The number of urea groups is 1. The summed E-state index contributed by atoms with van der Waals surface area (Å²) in [4.78, 5) is 29.2. The van der Waals surface area contributed by atoms with Gasteiger partial charge in [0.2, 0.25) is 5.88 Å². The first-order chi connectivity index (χ1) is 10.9. The number of aryl methyl sites for hydroxylation is 1. The number of piperidine rings is 1. The fourth-order valence-electron chi connectivity index (χ4n) is 2.49. The van der Waals surface area contributed by atoms with Crippen molar-refractivity contribution in [3.05, 3.63) is 17.8 Å². The van der Waals surface area contributed by atoms with Crippen LogP contribution < -0.4 is 10.1 Å². The molecule has 1 aliphatic rings. The molecule has 7 nitrogen and oxygen atoms in total. The van der Waals surface area contributed by atoms with E-state index in [9.17, 15) is 9.59 Å². The van der Waals surface area contributed by atoms with Crippen LogP contribution in [0.3, 0.4) is 0 Å². The molecule has 126 valence electrons. The minimum atomic E-state index is -0.791. The molecule has 1 aromatic heterocycles. The summed E-state index contributed by atoms with van der Waals surface area (Å²) >= 11 is 0. The molecule has 0 aromatic carbocycles. The highest BCUT2D eigenvalue weighted by Crippen LogP contribution is 2.25. The van der Waals surface area contributed by atoms with Gasteiger partial charge in [-0.25, -0.2) is 9.78 Å². The van der Waals surface area contributed by atoms with Gasteiger partial charge in [-0.1, -0.05) is 0 Å². The molecule has 0 atom stereocenters. The second-order valence-electron chi connectivity index (χ2n) is 6.06. The van der Waals surface area contributed by atoms with Crippen LogP contribution in [0.2, 0.25) is 0 Å². The first-order valence-corrected chi connectivity index (χ1v) is 7.79. The maximum absolute atomic E-state index is 12.4. The molecule has 0 spiro atoms. The molecule has 2 N–H and O–H groups in total. The third-order valence-electron chi connectivity index (χ3n) is 3.71. The summed E-state index contributed by atoms with van der Waals surface area (Å²) in [5.41, 5.74) is 1.45. The zero-order chi connectivity index (χ0) is 17.0. The minimum Gasteiger partial charge on any atom is -0.481 e. The molecule has 0 unspecified atom stereocenters. The standard InChI is InChI=1S/C16H23N3O4/c1-10(2)23-14-13(8-11(3)9-17-14)18-16(22)19-6-4-12(5-7-19)15(20)21/h8-10,12H,4-7H2,1-3H3,(H,18,22)(H,20,21). The summed E-state index contributed by atoms with van der Waals surface area (Å²) in [5.74, 6) is -0.764. The molecule has 1 aliphatic heterocycles. The van der Waals surface area contributed by atoms with Crippen molar-refractivity contribution >= 4 is 17.7 Å². The first kappa shape index (κ1) is 17.1. The number of rotatable bonds is 4. The third-order valence-corrected chi connectivity index (χ3v) is 3.71. The highest BCUT2D eigenvalue weighted by atomic mass is 16.5. The minimum absolute atomic E-state index is 0.0489.